The highest BCUT2D eigenvalue weighted by Gasteiger charge is 2.24. The third kappa shape index (κ3) is 3.20. The van der Waals surface area contributed by atoms with Crippen molar-refractivity contribution in [2.45, 2.75) is 19.4 Å². The molecule has 0 saturated carbocycles. The van der Waals surface area contributed by atoms with Gasteiger partial charge in [-0.15, -0.1) is 0 Å². The third-order valence-electron chi connectivity index (χ3n) is 2.77. The number of nitrogens with zero attached hydrogens (tertiary/aromatic N) is 3. The average Bonchev–Trinajstić information content (AvgIpc) is 2.37. The summed E-state index contributed by atoms with van der Waals surface area (Å²) in [6, 6.07) is 5.73. The van der Waals surface area contributed by atoms with Crippen molar-refractivity contribution < 1.29 is 9.72 Å². The lowest BCUT2D eigenvalue weighted by Crippen LogP contribution is -2.35. The van der Waals surface area contributed by atoms with Crippen LogP contribution >= 0.6 is 11.6 Å². The van der Waals surface area contributed by atoms with Gasteiger partial charge in [-0.3, -0.25) is 14.9 Å². The van der Waals surface area contributed by atoms with E-state index in [0.717, 1.165) is 0 Å². The van der Waals surface area contributed by atoms with Crippen LogP contribution in [0.3, 0.4) is 0 Å². The second-order valence-corrected chi connectivity index (χ2v) is 4.40. The van der Waals surface area contributed by atoms with Crippen LogP contribution in [0.25, 0.3) is 0 Å². The summed E-state index contributed by atoms with van der Waals surface area (Å²) in [5.41, 5.74) is -0.253. The van der Waals surface area contributed by atoms with E-state index < -0.39 is 10.8 Å². The predicted octanol–water partition coefficient (Wildman–Crippen LogP) is 2.62. The monoisotopic (exact) mass is 281 g/mol. The number of benzene rings is 1. The van der Waals surface area contributed by atoms with Crippen molar-refractivity contribution >= 4 is 23.2 Å². The Kier molecular flexibility index (Phi) is 4.84. The first kappa shape index (κ1) is 14.9. The molecule has 0 aliphatic rings. The van der Waals surface area contributed by atoms with E-state index in [4.69, 9.17) is 16.9 Å². The molecule has 100 valence electrons. The van der Waals surface area contributed by atoms with Crippen LogP contribution in [-0.4, -0.2) is 28.8 Å². The van der Waals surface area contributed by atoms with Gasteiger partial charge in [0.15, 0.2) is 0 Å². The number of carbonyl (C=O) groups is 1. The molecule has 0 radical (unpaired) electrons. The lowest BCUT2D eigenvalue weighted by atomic mass is 10.1. The molecule has 0 aliphatic carbocycles. The van der Waals surface area contributed by atoms with Crippen LogP contribution in [0, 0.1) is 21.4 Å². The summed E-state index contributed by atoms with van der Waals surface area (Å²) in [5.74, 6) is -0.448. The lowest BCUT2D eigenvalue weighted by molar-refractivity contribution is -0.384. The molecule has 1 aromatic carbocycles. The Balaban J connectivity index is 3.11. The highest BCUT2D eigenvalue weighted by atomic mass is 35.5. The Morgan fingerprint density at radius 3 is 2.79 bits per heavy atom. The molecule has 1 amide bonds. The van der Waals surface area contributed by atoms with Gasteiger partial charge in [0.05, 0.1) is 23.0 Å². The molecule has 0 N–H and O–H groups in total. The minimum Gasteiger partial charge on any atom is -0.338 e. The van der Waals surface area contributed by atoms with Gasteiger partial charge in [0.2, 0.25) is 0 Å². The first-order chi connectivity index (χ1) is 8.90. The molecule has 1 atom stereocenters. The molecule has 1 rings (SSSR count). The van der Waals surface area contributed by atoms with Crippen molar-refractivity contribution in [3.05, 3.63) is 38.9 Å². The Hall–Kier alpha value is -2.13. The van der Waals surface area contributed by atoms with Crippen LogP contribution in [0.4, 0.5) is 5.69 Å². The largest absolute Gasteiger partial charge is 0.338 e. The number of carbonyl (C=O) groups excluding carboxylic acids is 1. The minimum absolute atomic E-state index is 0.0585. The number of rotatable bonds is 4. The molecule has 19 heavy (non-hydrogen) atoms. The summed E-state index contributed by atoms with van der Waals surface area (Å²) in [6.45, 7) is 1.71. The van der Waals surface area contributed by atoms with Crippen molar-refractivity contribution in [3.8, 4) is 6.07 Å². The molecule has 0 heterocycles. The molecule has 0 fully saturated rings. The topological polar surface area (TPSA) is 87.2 Å². The number of nitro groups is 1. The van der Waals surface area contributed by atoms with E-state index >= 15 is 0 Å². The summed E-state index contributed by atoms with van der Waals surface area (Å²) in [7, 11) is 1.53. The highest BCUT2D eigenvalue weighted by molar-refractivity contribution is 6.35. The van der Waals surface area contributed by atoms with Crippen LogP contribution < -0.4 is 0 Å². The Morgan fingerprint density at radius 2 is 2.26 bits per heavy atom. The molecule has 0 saturated heterocycles. The molecule has 1 aromatic rings. The molecule has 7 heteroatoms. The van der Waals surface area contributed by atoms with Crippen LogP contribution in [0.2, 0.25) is 5.02 Å². The molecule has 1 unspecified atom stereocenters. The molecule has 0 bridgehead atoms. The standard InChI is InChI=1S/C12H12ClN3O3/c1-8(6-7-14)15(2)12(17)9-4-3-5-10(11(9)13)16(18)19/h3-5,8H,6H2,1-2H3. The summed E-state index contributed by atoms with van der Waals surface area (Å²) in [5, 5.41) is 19.2. The third-order valence-corrected chi connectivity index (χ3v) is 3.17. The van der Waals surface area contributed by atoms with Crippen molar-refractivity contribution in [3.63, 3.8) is 0 Å². The Labute approximate surface area is 115 Å². The fraction of sp³-hybridized carbons (Fsp3) is 0.333. The highest BCUT2D eigenvalue weighted by Crippen LogP contribution is 2.28. The molecule has 0 spiro atoms. The molecular weight excluding hydrogens is 270 g/mol. The van der Waals surface area contributed by atoms with Crippen LogP contribution in [0.15, 0.2) is 18.2 Å². The first-order valence-electron chi connectivity index (χ1n) is 5.47. The van der Waals surface area contributed by atoms with Gasteiger partial charge in [0, 0.05) is 19.2 Å². The summed E-state index contributed by atoms with van der Waals surface area (Å²) in [4.78, 5) is 23.6. The number of hydrogen-bond donors (Lipinski definition) is 0. The number of amides is 1. The number of halogens is 1. The zero-order valence-electron chi connectivity index (χ0n) is 10.5. The average molecular weight is 282 g/mol. The molecule has 0 aromatic heterocycles. The van der Waals surface area contributed by atoms with Gasteiger partial charge in [-0.1, -0.05) is 17.7 Å². The van der Waals surface area contributed by atoms with Gasteiger partial charge in [-0.05, 0) is 13.0 Å². The Bertz CT molecular complexity index is 554. The minimum atomic E-state index is -0.641. The Morgan fingerprint density at radius 1 is 1.63 bits per heavy atom. The zero-order chi connectivity index (χ0) is 14.6. The van der Waals surface area contributed by atoms with Gasteiger partial charge in [0.25, 0.3) is 11.6 Å². The number of hydrogen-bond acceptors (Lipinski definition) is 4. The number of nitriles is 1. The second-order valence-electron chi connectivity index (χ2n) is 4.02. The zero-order valence-corrected chi connectivity index (χ0v) is 11.2. The van der Waals surface area contributed by atoms with Gasteiger partial charge in [-0.2, -0.15) is 5.26 Å². The van der Waals surface area contributed by atoms with E-state index in [1.165, 1.54) is 30.1 Å². The summed E-state index contributed by atoms with van der Waals surface area (Å²) >= 11 is 5.87. The van der Waals surface area contributed by atoms with Gasteiger partial charge < -0.3 is 4.90 Å². The maximum atomic E-state index is 12.2. The van der Waals surface area contributed by atoms with E-state index in [-0.39, 0.29) is 28.7 Å². The molecule has 0 aliphatic heterocycles. The second kappa shape index (κ2) is 6.16. The quantitative estimate of drug-likeness (QED) is 0.627. The lowest BCUT2D eigenvalue weighted by Gasteiger charge is -2.23. The fourth-order valence-electron chi connectivity index (χ4n) is 1.49. The predicted molar refractivity (Wildman–Crippen MR) is 69.9 cm³/mol. The van der Waals surface area contributed by atoms with Crippen molar-refractivity contribution in [1.29, 1.82) is 5.26 Å². The summed E-state index contributed by atoms with van der Waals surface area (Å²) < 4.78 is 0. The maximum absolute atomic E-state index is 12.2. The normalized spacial score (nSPS) is 11.5. The molecular formula is C12H12ClN3O3. The van der Waals surface area contributed by atoms with Crippen molar-refractivity contribution in [1.82, 2.24) is 4.90 Å². The van der Waals surface area contributed by atoms with Crippen LogP contribution in [0.1, 0.15) is 23.7 Å². The SMILES string of the molecule is CC(CC#N)N(C)C(=O)c1cccc([N+](=O)[O-])c1Cl. The van der Waals surface area contributed by atoms with E-state index in [1.54, 1.807) is 6.92 Å². The van der Waals surface area contributed by atoms with E-state index in [9.17, 15) is 14.9 Å². The van der Waals surface area contributed by atoms with E-state index in [1.807, 2.05) is 6.07 Å². The van der Waals surface area contributed by atoms with Crippen molar-refractivity contribution in [2.24, 2.45) is 0 Å². The van der Waals surface area contributed by atoms with E-state index in [0.29, 0.717) is 0 Å². The maximum Gasteiger partial charge on any atom is 0.288 e. The first-order valence-corrected chi connectivity index (χ1v) is 5.85. The molecule has 6 nitrogen and oxygen atoms in total. The van der Waals surface area contributed by atoms with Crippen LogP contribution in [-0.2, 0) is 0 Å². The van der Waals surface area contributed by atoms with Gasteiger partial charge >= 0.3 is 0 Å². The fourth-order valence-corrected chi connectivity index (χ4v) is 1.76. The van der Waals surface area contributed by atoms with Gasteiger partial charge in [-0.25, -0.2) is 0 Å². The summed E-state index contributed by atoms with van der Waals surface area (Å²) in [6.07, 6.45) is 0.175. The van der Waals surface area contributed by atoms with E-state index in [2.05, 4.69) is 0 Å². The van der Waals surface area contributed by atoms with Crippen molar-refractivity contribution in [2.75, 3.05) is 7.05 Å². The smallest absolute Gasteiger partial charge is 0.288 e. The number of nitro benzene ring substituents is 1. The van der Waals surface area contributed by atoms with Crippen LogP contribution in [0.5, 0.6) is 0 Å². The van der Waals surface area contributed by atoms with Gasteiger partial charge in [0.1, 0.15) is 5.02 Å².